The van der Waals surface area contributed by atoms with Gasteiger partial charge in [0.15, 0.2) is 21.4 Å². The van der Waals surface area contributed by atoms with Gasteiger partial charge in [0.1, 0.15) is 0 Å². The van der Waals surface area contributed by atoms with Crippen molar-refractivity contribution in [2.24, 2.45) is 5.92 Å². The van der Waals surface area contributed by atoms with Crippen molar-refractivity contribution in [1.29, 1.82) is 0 Å². The first-order chi connectivity index (χ1) is 9.89. The molecule has 0 aliphatic carbocycles. The highest BCUT2D eigenvalue weighted by Gasteiger charge is 2.27. The zero-order chi connectivity index (χ0) is 15.5. The van der Waals surface area contributed by atoms with Crippen molar-refractivity contribution in [1.82, 2.24) is 5.32 Å². The van der Waals surface area contributed by atoms with Crippen molar-refractivity contribution < 1.29 is 22.3 Å². The van der Waals surface area contributed by atoms with Crippen molar-refractivity contribution in [2.45, 2.75) is 12.8 Å². The number of sulfone groups is 1. The number of carbonyl (C=O) groups is 1. The lowest BCUT2D eigenvalue weighted by molar-refractivity contribution is -0.120. The van der Waals surface area contributed by atoms with Gasteiger partial charge < -0.3 is 10.1 Å². The number of hydrogen-bond acceptors (Lipinski definition) is 4. The van der Waals surface area contributed by atoms with Crippen LogP contribution in [0, 0.1) is 11.7 Å². The number of benzene rings is 1. The van der Waals surface area contributed by atoms with Gasteiger partial charge in [-0.15, -0.1) is 0 Å². The highest BCUT2D eigenvalue weighted by Crippen LogP contribution is 2.19. The number of hydrogen-bond donors (Lipinski definition) is 1. The number of ether oxygens (including phenoxy) is 1. The smallest absolute Gasteiger partial charge is 0.224 e. The fourth-order valence-electron chi connectivity index (χ4n) is 2.36. The standard InChI is InChI=1S/C14H18FNO4S/c1-20-13-3-2-10(6-12(13)15)7-14(17)16-8-11-4-5-21(18,19)9-11/h2-3,6,11H,4-5,7-9H2,1H3,(H,16,17). The van der Waals surface area contributed by atoms with Gasteiger partial charge in [0, 0.05) is 6.54 Å². The molecule has 5 nitrogen and oxygen atoms in total. The number of nitrogens with one attached hydrogen (secondary N) is 1. The average molecular weight is 315 g/mol. The summed E-state index contributed by atoms with van der Waals surface area (Å²) in [7, 11) is -1.55. The van der Waals surface area contributed by atoms with Crippen LogP contribution in [-0.4, -0.2) is 39.5 Å². The second kappa shape index (κ2) is 6.43. The summed E-state index contributed by atoms with van der Waals surface area (Å²) in [5.74, 6) is -0.322. The van der Waals surface area contributed by atoms with Crippen LogP contribution in [0.2, 0.25) is 0 Å². The highest BCUT2D eigenvalue weighted by molar-refractivity contribution is 7.91. The van der Waals surface area contributed by atoms with Crippen LogP contribution in [0.1, 0.15) is 12.0 Å². The first-order valence-corrected chi connectivity index (χ1v) is 8.51. The summed E-state index contributed by atoms with van der Waals surface area (Å²) < 4.78 is 40.9. The topological polar surface area (TPSA) is 72.5 Å². The average Bonchev–Trinajstić information content (AvgIpc) is 2.76. The van der Waals surface area contributed by atoms with Crippen LogP contribution in [-0.2, 0) is 21.1 Å². The molecular formula is C14H18FNO4S. The molecule has 116 valence electrons. The fourth-order valence-corrected chi connectivity index (χ4v) is 4.22. The number of methoxy groups -OCH3 is 1. The lowest BCUT2D eigenvalue weighted by Crippen LogP contribution is -2.31. The molecule has 0 spiro atoms. The minimum atomic E-state index is -2.93. The minimum absolute atomic E-state index is 0.0217. The van der Waals surface area contributed by atoms with E-state index in [0.717, 1.165) is 0 Å². The Bertz CT molecular complexity index is 630. The molecule has 7 heteroatoms. The van der Waals surface area contributed by atoms with E-state index in [1.54, 1.807) is 6.07 Å². The Balaban J connectivity index is 1.83. The van der Waals surface area contributed by atoms with Gasteiger partial charge in [0.2, 0.25) is 5.91 Å². The molecule has 1 fully saturated rings. The molecule has 2 rings (SSSR count). The van der Waals surface area contributed by atoms with Crippen molar-refractivity contribution in [3.8, 4) is 5.75 Å². The molecule has 0 saturated carbocycles. The van der Waals surface area contributed by atoms with Crippen LogP contribution in [0.15, 0.2) is 18.2 Å². The Morgan fingerprint density at radius 3 is 2.81 bits per heavy atom. The third-order valence-electron chi connectivity index (χ3n) is 3.50. The number of carbonyl (C=O) groups excluding carboxylic acids is 1. The molecule has 1 unspecified atom stereocenters. The highest BCUT2D eigenvalue weighted by atomic mass is 32.2. The van der Waals surface area contributed by atoms with Crippen molar-refractivity contribution in [2.75, 3.05) is 25.2 Å². The monoisotopic (exact) mass is 315 g/mol. The largest absolute Gasteiger partial charge is 0.494 e. The molecule has 0 radical (unpaired) electrons. The summed E-state index contributed by atoms with van der Waals surface area (Å²) in [5.41, 5.74) is 0.546. The van der Waals surface area contributed by atoms with Gasteiger partial charge in [0.05, 0.1) is 25.0 Å². The van der Waals surface area contributed by atoms with Crippen LogP contribution in [0.5, 0.6) is 5.75 Å². The molecule has 1 aliphatic heterocycles. The van der Waals surface area contributed by atoms with E-state index in [1.807, 2.05) is 0 Å². The predicted molar refractivity (Wildman–Crippen MR) is 76.4 cm³/mol. The lowest BCUT2D eigenvalue weighted by Gasteiger charge is -2.10. The molecular weight excluding hydrogens is 297 g/mol. The van der Waals surface area contributed by atoms with E-state index < -0.39 is 15.7 Å². The van der Waals surface area contributed by atoms with E-state index in [4.69, 9.17) is 4.74 Å². The first-order valence-electron chi connectivity index (χ1n) is 6.69. The van der Waals surface area contributed by atoms with Gasteiger partial charge in [-0.2, -0.15) is 0 Å². The minimum Gasteiger partial charge on any atom is -0.494 e. The van der Waals surface area contributed by atoms with Crippen molar-refractivity contribution in [3.63, 3.8) is 0 Å². The second-order valence-corrected chi connectivity index (χ2v) is 7.45. The zero-order valence-corrected chi connectivity index (χ0v) is 12.6. The van der Waals surface area contributed by atoms with Crippen molar-refractivity contribution >= 4 is 15.7 Å². The van der Waals surface area contributed by atoms with Crippen LogP contribution in [0.25, 0.3) is 0 Å². The van der Waals surface area contributed by atoms with Gasteiger partial charge in [-0.1, -0.05) is 6.07 Å². The van der Waals surface area contributed by atoms with E-state index in [0.29, 0.717) is 18.5 Å². The molecule has 0 aromatic heterocycles. The first kappa shape index (κ1) is 15.8. The Kier molecular flexibility index (Phi) is 4.82. The Morgan fingerprint density at radius 1 is 1.48 bits per heavy atom. The lowest BCUT2D eigenvalue weighted by atomic mass is 10.1. The van der Waals surface area contributed by atoms with E-state index in [-0.39, 0.29) is 35.5 Å². The molecule has 1 saturated heterocycles. The van der Waals surface area contributed by atoms with Gasteiger partial charge >= 0.3 is 0 Å². The van der Waals surface area contributed by atoms with E-state index in [1.165, 1.54) is 19.2 Å². The fraction of sp³-hybridized carbons (Fsp3) is 0.500. The maximum atomic E-state index is 13.5. The van der Waals surface area contributed by atoms with E-state index in [9.17, 15) is 17.6 Å². The second-order valence-electron chi connectivity index (χ2n) is 5.22. The zero-order valence-electron chi connectivity index (χ0n) is 11.8. The number of halogens is 1. The Labute approximate surface area is 123 Å². The van der Waals surface area contributed by atoms with Gasteiger partial charge in [-0.05, 0) is 30.0 Å². The summed E-state index contributed by atoms with van der Waals surface area (Å²) in [5, 5.41) is 2.70. The third-order valence-corrected chi connectivity index (χ3v) is 5.33. The van der Waals surface area contributed by atoms with Crippen molar-refractivity contribution in [3.05, 3.63) is 29.6 Å². The molecule has 21 heavy (non-hydrogen) atoms. The van der Waals surface area contributed by atoms with Gasteiger partial charge in [-0.3, -0.25) is 4.79 Å². The number of rotatable bonds is 5. The van der Waals surface area contributed by atoms with E-state index in [2.05, 4.69) is 5.32 Å². The maximum Gasteiger partial charge on any atom is 0.224 e. The summed E-state index contributed by atoms with van der Waals surface area (Å²) >= 11 is 0. The SMILES string of the molecule is COc1ccc(CC(=O)NCC2CCS(=O)(=O)C2)cc1F. The normalized spacial score (nSPS) is 20.2. The van der Waals surface area contributed by atoms with Gasteiger partial charge in [0.25, 0.3) is 0 Å². The summed E-state index contributed by atoms with van der Waals surface area (Å²) in [6, 6.07) is 4.36. The van der Waals surface area contributed by atoms with Crippen LogP contribution in [0.3, 0.4) is 0 Å². The number of amides is 1. The van der Waals surface area contributed by atoms with E-state index >= 15 is 0 Å². The van der Waals surface area contributed by atoms with Gasteiger partial charge in [-0.25, -0.2) is 12.8 Å². The Hall–Kier alpha value is -1.63. The molecule has 1 heterocycles. The quantitative estimate of drug-likeness (QED) is 0.877. The van der Waals surface area contributed by atoms with Crippen LogP contribution in [0.4, 0.5) is 4.39 Å². The van der Waals surface area contributed by atoms with Crippen LogP contribution >= 0.6 is 0 Å². The molecule has 1 atom stereocenters. The molecule has 1 aromatic rings. The summed E-state index contributed by atoms with van der Waals surface area (Å²) in [4.78, 5) is 11.8. The molecule has 1 aromatic carbocycles. The van der Waals surface area contributed by atoms with Crippen LogP contribution < -0.4 is 10.1 Å². The third kappa shape index (κ3) is 4.42. The molecule has 1 amide bonds. The molecule has 0 bridgehead atoms. The molecule has 1 aliphatic rings. The maximum absolute atomic E-state index is 13.5. The molecule has 1 N–H and O–H groups in total. The predicted octanol–water partition coefficient (Wildman–Crippen LogP) is 0.928. The summed E-state index contributed by atoms with van der Waals surface area (Å²) in [6.07, 6.45) is 0.639. The Morgan fingerprint density at radius 2 is 2.24 bits per heavy atom. The summed E-state index contributed by atoms with van der Waals surface area (Å²) in [6.45, 7) is 0.344.